The Morgan fingerprint density at radius 1 is 1.29 bits per heavy atom. The molecule has 0 radical (unpaired) electrons. The van der Waals surface area contributed by atoms with E-state index in [9.17, 15) is 13.2 Å². The van der Waals surface area contributed by atoms with Gasteiger partial charge in [-0.05, 0) is 24.6 Å². The maximum atomic E-state index is 12.1. The number of hydrogen-bond donors (Lipinski definition) is 0. The SMILES string of the molecule is O=C(c1cc(Cl)ccc1Cl)C1CCS(=O)(=O)C1. The molecular weight excluding hydrogens is 283 g/mol. The monoisotopic (exact) mass is 292 g/mol. The molecule has 1 fully saturated rings. The van der Waals surface area contributed by atoms with E-state index in [0.29, 0.717) is 22.0 Å². The van der Waals surface area contributed by atoms with Gasteiger partial charge in [-0.3, -0.25) is 4.79 Å². The Hall–Kier alpha value is -0.580. The van der Waals surface area contributed by atoms with Crippen molar-refractivity contribution in [2.75, 3.05) is 11.5 Å². The lowest BCUT2D eigenvalue weighted by molar-refractivity contribution is 0.0933. The molecule has 0 aliphatic carbocycles. The second-order valence-corrected chi connectivity index (χ2v) is 7.16. The number of Topliss-reactive ketones (excluding diaryl/α,β-unsaturated/α-hetero) is 1. The maximum absolute atomic E-state index is 12.1. The summed E-state index contributed by atoms with van der Waals surface area (Å²) in [5, 5.41) is 0.724. The molecular formula is C11H10Cl2O3S. The van der Waals surface area contributed by atoms with Crippen molar-refractivity contribution >= 4 is 38.8 Å². The van der Waals surface area contributed by atoms with E-state index in [0.717, 1.165) is 0 Å². The zero-order chi connectivity index (χ0) is 12.6. The third kappa shape index (κ3) is 2.81. The van der Waals surface area contributed by atoms with Crippen molar-refractivity contribution in [2.24, 2.45) is 5.92 Å². The van der Waals surface area contributed by atoms with Gasteiger partial charge in [-0.15, -0.1) is 0 Å². The van der Waals surface area contributed by atoms with E-state index < -0.39 is 15.8 Å². The number of hydrogen-bond acceptors (Lipinski definition) is 3. The number of ketones is 1. The maximum Gasteiger partial charge on any atom is 0.168 e. The molecule has 0 amide bonds. The first-order valence-corrected chi connectivity index (χ1v) is 7.66. The Bertz CT molecular complexity index is 566. The van der Waals surface area contributed by atoms with E-state index in [4.69, 9.17) is 23.2 Å². The van der Waals surface area contributed by atoms with Gasteiger partial charge in [-0.1, -0.05) is 23.2 Å². The average Bonchev–Trinajstić information content (AvgIpc) is 2.61. The normalized spacial score (nSPS) is 22.6. The van der Waals surface area contributed by atoms with Crippen molar-refractivity contribution in [3.63, 3.8) is 0 Å². The summed E-state index contributed by atoms with van der Waals surface area (Å²) < 4.78 is 22.6. The number of sulfone groups is 1. The van der Waals surface area contributed by atoms with Gasteiger partial charge in [0.1, 0.15) is 0 Å². The second kappa shape index (κ2) is 4.59. The highest BCUT2D eigenvalue weighted by Crippen LogP contribution is 2.28. The first kappa shape index (κ1) is 12.9. The molecule has 1 heterocycles. The summed E-state index contributed by atoms with van der Waals surface area (Å²) in [5.74, 6) is -0.745. The van der Waals surface area contributed by atoms with Gasteiger partial charge in [-0.2, -0.15) is 0 Å². The summed E-state index contributed by atoms with van der Waals surface area (Å²) in [6, 6.07) is 4.61. The molecule has 0 spiro atoms. The van der Waals surface area contributed by atoms with E-state index >= 15 is 0 Å². The van der Waals surface area contributed by atoms with E-state index in [1.54, 1.807) is 12.1 Å². The van der Waals surface area contributed by atoms with Crippen LogP contribution in [-0.4, -0.2) is 25.7 Å². The molecule has 17 heavy (non-hydrogen) atoms. The Kier molecular flexibility index (Phi) is 3.48. The Morgan fingerprint density at radius 2 is 2.00 bits per heavy atom. The highest BCUT2D eigenvalue weighted by atomic mass is 35.5. The fraction of sp³-hybridized carbons (Fsp3) is 0.364. The van der Waals surface area contributed by atoms with Crippen molar-refractivity contribution in [1.29, 1.82) is 0 Å². The summed E-state index contributed by atoms with van der Waals surface area (Å²) in [6.45, 7) is 0. The van der Waals surface area contributed by atoms with Crippen molar-refractivity contribution in [3.05, 3.63) is 33.8 Å². The Labute approximate surface area is 110 Å². The van der Waals surface area contributed by atoms with Crippen LogP contribution in [0, 0.1) is 5.92 Å². The van der Waals surface area contributed by atoms with Crippen molar-refractivity contribution in [3.8, 4) is 0 Å². The smallest absolute Gasteiger partial charge is 0.168 e. The van der Waals surface area contributed by atoms with E-state index in [-0.39, 0.29) is 17.3 Å². The number of benzene rings is 1. The lowest BCUT2D eigenvalue weighted by Crippen LogP contribution is -2.16. The highest BCUT2D eigenvalue weighted by Gasteiger charge is 2.34. The third-order valence-electron chi connectivity index (χ3n) is 2.80. The quantitative estimate of drug-likeness (QED) is 0.788. The fourth-order valence-electron chi connectivity index (χ4n) is 1.91. The molecule has 2 rings (SSSR count). The van der Waals surface area contributed by atoms with Gasteiger partial charge in [0.2, 0.25) is 0 Å². The number of carbonyl (C=O) groups excluding carboxylic acids is 1. The first-order valence-electron chi connectivity index (χ1n) is 5.09. The van der Waals surface area contributed by atoms with Crippen LogP contribution in [0.25, 0.3) is 0 Å². The summed E-state index contributed by atoms with van der Waals surface area (Å²) in [6.07, 6.45) is 0.365. The topological polar surface area (TPSA) is 51.2 Å². The van der Waals surface area contributed by atoms with Gasteiger partial charge >= 0.3 is 0 Å². The number of carbonyl (C=O) groups is 1. The van der Waals surface area contributed by atoms with Crippen LogP contribution < -0.4 is 0 Å². The summed E-state index contributed by atoms with van der Waals surface area (Å²) in [4.78, 5) is 12.1. The average molecular weight is 293 g/mol. The van der Waals surface area contributed by atoms with Crippen molar-refractivity contribution in [2.45, 2.75) is 6.42 Å². The van der Waals surface area contributed by atoms with Crippen LogP contribution in [-0.2, 0) is 9.84 Å². The largest absolute Gasteiger partial charge is 0.294 e. The van der Waals surface area contributed by atoms with Gasteiger partial charge in [0.15, 0.2) is 15.6 Å². The molecule has 1 saturated heterocycles. The van der Waals surface area contributed by atoms with Gasteiger partial charge < -0.3 is 0 Å². The molecule has 1 unspecified atom stereocenters. The van der Waals surface area contributed by atoms with Gasteiger partial charge in [0, 0.05) is 16.5 Å². The molecule has 1 atom stereocenters. The third-order valence-corrected chi connectivity index (χ3v) is 5.13. The second-order valence-electron chi connectivity index (χ2n) is 4.09. The molecule has 1 aromatic rings. The van der Waals surface area contributed by atoms with Gasteiger partial charge in [-0.25, -0.2) is 8.42 Å². The Morgan fingerprint density at radius 3 is 2.59 bits per heavy atom. The molecule has 0 bridgehead atoms. The van der Waals surface area contributed by atoms with E-state index in [1.165, 1.54) is 6.07 Å². The van der Waals surface area contributed by atoms with E-state index in [2.05, 4.69) is 0 Å². The van der Waals surface area contributed by atoms with Crippen LogP contribution >= 0.6 is 23.2 Å². The lowest BCUT2D eigenvalue weighted by atomic mass is 9.97. The molecule has 0 saturated carbocycles. The zero-order valence-corrected chi connectivity index (χ0v) is 11.1. The molecule has 1 aliphatic heterocycles. The van der Waals surface area contributed by atoms with Crippen LogP contribution in [0.3, 0.4) is 0 Å². The van der Waals surface area contributed by atoms with Crippen molar-refractivity contribution < 1.29 is 13.2 Å². The number of rotatable bonds is 2. The Balaban J connectivity index is 2.29. The van der Waals surface area contributed by atoms with Crippen LogP contribution in [0.15, 0.2) is 18.2 Å². The summed E-state index contributed by atoms with van der Waals surface area (Å²) in [5.41, 5.74) is 0.307. The predicted octanol–water partition coefficient (Wildman–Crippen LogP) is 2.61. The highest BCUT2D eigenvalue weighted by molar-refractivity contribution is 7.91. The molecule has 92 valence electrons. The van der Waals surface area contributed by atoms with Gasteiger partial charge in [0.05, 0.1) is 16.5 Å². The number of halogens is 2. The molecule has 0 aromatic heterocycles. The minimum Gasteiger partial charge on any atom is -0.294 e. The van der Waals surface area contributed by atoms with Crippen LogP contribution in [0.5, 0.6) is 0 Å². The van der Waals surface area contributed by atoms with Crippen LogP contribution in [0.4, 0.5) is 0 Å². The zero-order valence-electron chi connectivity index (χ0n) is 8.82. The minimum absolute atomic E-state index is 0.0710. The molecule has 1 aromatic carbocycles. The first-order chi connectivity index (χ1) is 7.89. The minimum atomic E-state index is -3.07. The standard InChI is InChI=1S/C11H10Cl2O3S/c12-8-1-2-10(13)9(5-8)11(14)7-3-4-17(15,16)6-7/h1-2,5,7H,3-4,6H2. The van der Waals surface area contributed by atoms with Gasteiger partial charge in [0.25, 0.3) is 0 Å². The predicted molar refractivity (Wildman–Crippen MR) is 67.6 cm³/mol. The molecule has 3 nitrogen and oxygen atoms in total. The molecule has 1 aliphatic rings. The fourth-order valence-corrected chi connectivity index (χ4v) is 4.03. The van der Waals surface area contributed by atoms with Crippen LogP contribution in [0.2, 0.25) is 10.0 Å². The van der Waals surface area contributed by atoms with Crippen LogP contribution in [0.1, 0.15) is 16.8 Å². The summed E-state index contributed by atoms with van der Waals surface area (Å²) in [7, 11) is -3.07. The molecule has 6 heteroatoms. The lowest BCUT2D eigenvalue weighted by Gasteiger charge is -2.08. The van der Waals surface area contributed by atoms with Crippen molar-refractivity contribution in [1.82, 2.24) is 0 Å². The molecule has 0 N–H and O–H groups in total. The summed E-state index contributed by atoms with van der Waals surface area (Å²) >= 11 is 11.7. The van der Waals surface area contributed by atoms with E-state index in [1.807, 2.05) is 0 Å².